The predicted octanol–water partition coefficient (Wildman–Crippen LogP) is 14.0. The minimum absolute atomic E-state index is 0.0184. The van der Waals surface area contributed by atoms with Gasteiger partial charge in [0.05, 0.1) is 0 Å². The molecule has 56 heavy (non-hydrogen) atoms. The van der Waals surface area contributed by atoms with Gasteiger partial charge in [0.2, 0.25) is 0 Å². The molecule has 0 heterocycles. The maximum Gasteiger partial charge on any atom is 0.182 e. The van der Waals surface area contributed by atoms with Crippen molar-refractivity contribution in [1.82, 2.24) is 0 Å². The van der Waals surface area contributed by atoms with Gasteiger partial charge in [-0.1, -0.05) is 128 Å². The number of rotatable bonds is 8. The van der Waals surface area contributed by atoms with Gasteiger partial charge in [-0.3, -0.25) is 19.2 Å². The van der Waals surface area contributed by atoms with Gasteiger partial charge in [-0.25, -0.2) is 0 Å². The Kier molecular flexibility index (Phi) is 20.1. The number of carbonyl (C=O) groups is 4. The molecule has 0 fully saturated rings. The van der Waals surface area contributed by atoms with Crippen molar-refractivity contribution in [2.24, 2.45) is 39.4 Å². The molecule has 3 atom stereocenters. The summed E-state index contributed by atoms with van der Waals surface area (Å²) < 4.78 is 0. The lowest BCUT2D eigenvalue weighted by Gasteiger charge is -2.38. The summed E-state index contributed by atoms with van der Waals surface area (Å²) in [6.45, 7) is 33.2. The molecule has 0 aromatic rings. The van der Waals surface area contributed by atoms with E-state index in [2.05, 4.69) is 100 Å². The molecule has 0 saturated carbocycles. The zero-order chi connectivity index (χ0) is 43.1. The first-order valence-electron chi connectivity index (χ1n) is 21.0. The highest BCUT2D eigenvalue weighted by Gasteiger charge is 2.39. The highest BCUT2D eigenvalue weighted by Crippen LogP contribution is 2.43. The SMILES string of the molecule is C/C=C/C(=O)C1=C(C)C=CCC1(C)C.C/C=C/C(=O)C1=C(C)CCCC1(C)C.C/C=C/C(=O)C1C(C)=CCCC1(C)C.C/C=C/C(=O)C1C(C)C=CCC1(C)C. The van der Waals surface area contributed by atoms with Crippen molar-refractivity contribution in [1.29, 1.82) is 0 Å². The third kappa shape index (κ3) is 14.4. The second-order valence-electron chi connectivity index (χ2n) is 18.8. The van der Waals surface area contributed by atoms with Crippen molar-refractivity contribution >= 4 is 23.1 Å². The van der Waals surface area contributed by atoms with Crippen molar-refractivity contribution in [2.45, 2.75) is 156 Å². The molecule has 0 aliphatic heterocycles. The van der Waals surface area contributed by atoms with E-state index in [4.69, 9.17) is 0 Å². The highest BCUT2D eigenvalue weighted by molar-refractivity contribution is 6.06. The molecule has 3 unspecified atom stereocenters. The van der Waals surface area contributed by atoms with Gasteiger partial charge < -0.3 is 0 Å². The Hall–Kier alpha value is -3.66. The van der Waals surface area contributed by atoms with E-state index in [9.17, 15) is 19.2 Å². The van der Waals surface area contributed by atoms with Crippen LogP contribution in [0.2, 0.25) is 0 Å². The zero-order valence-corrected chi connectivity index (χ0v) is 38.3. The van der Waals surface area contributed by atoms with Gasteiger partial charge in [-0.05, 0) is 151 Å². The largest absolute Gasteiger partial charge is 0.295 e. The summed E-state index contributed by atoms with van der Waals surface area (Å²) in [7, 11) is 0. The third-order valence-corrected chi connectivity index (χ3v) is 11.8. The molecular weight excluding hydrogens is 689 g/mol. The molecular formula is C52H78O4. The summed E-state index contributed by atoms with van der Waals surface area (Å²) in [5.41, 5.74) is 5.90. The molecule has 0 amide bonds. The molecule has 4 nitrogen and oxygen atoms in total. The van der Waals surface area contributed by atoms with Crippen LogP contribution in [0.3, 0.4) is 0 Å². The molecule has 0 aromatic carbocycles. The van der Waals surface area contributed by atoms with Crippen molar-refractivity contribution < 1.29 is 19.2 Å². The average molecular weight is 767 g/mol. The van der Waals surface area contributed by atoms with Crippen LogP contribution in [-0.4, -0.2) is 23.1 Å². The molecule has 4 heteroatoms. The minimum Gasteiger partial charge on any atom is -0.295 e. The van der Waals surface area contributed by atoms with Crippen LogP contribution >= 0.6 is 0 Å². The first-order valence-corrected chi connectivity index (χ1v) is 21.0. The summed E-state index contributed by atoms with van der Waals surface area (Å²) >= 11 is 0. The second-order valence-corrected chi connectivity index (χ2v) is 18.8. The first-order chi connectivity index (χ1) is 25.9. The number of hydrogen-bond donors (Lipinski definition) is 0. The van der Waals surface area contributed by atoms with Gasteiger partial charge in [-0.2, -0.15) is 0 Å². The van der Waals surface area contributed by atoms with Crippen molar-refractivity contribution in [3.8, 4) is 0 Å². The molecule has 0 bridgehead atoms. The van der Waals surface area contributed by atoms with Gasteiger partial charge in [0.1, 0.15) is 0 Å². The fourth-order valence-electron chi connectivity index (χ4n) is 9.28. The Morgan fingerprint density at radius 1 is 0.643 bits per heavy atom. The molecule has 4 rings (SSSR count). The highest BCUT2D eigenvalue weighted by atomic mass is 16.1. The molecule has 4 aliphatic carbocycles. The summed E-state index contributed by atoms with van der Waals surface area (Å²) in [6.07, 6.45) is 32.4. The molecule has 0 saturated heterocycles. The van der Waals surface area contributed by atoms with E-state index < -0.39 is 0 Å². The lowest BCUT2D eigenvalue weighted by molar-refractivity contribution is -0.123. The molecule has 310 valence electrons. The summed E-state index contributed by atoms with van der Waals surface area (Å²) in [6, 6.07) is 0. The standard InChI is InChI=1S/3C13H20O.C13H18O/c4*1-5-7-11(14)12-10(2)8-6-9-13(12,3)4/h5,7H,6,8-9H2,1-4H3;5,7-8,12H,6,9H2,1-4H3;5-8,10,12H,9H2,1-4H3;5-8H,9H2,1-4H3/b4*7-5+. The van der Waals surface area contributed by atoms with Crippen LogP contribution in [0.25, 0.3) is 0 Å². The van der Waals surface area contributed by atoms with Crippen LogP contribution in [0.5, 0.6) is 0 Å². The Morgan fingerprint density at radius 2 is 1.18 bits per heavy atom. The van der Waals surface area contributed by atoms with Gasteiger partial charge in [-0.15, -0.1) is 0 Å². The van der Waals surface area contributed by atoms with Crippen molar-refractivity contribution in [3.05, 3.63) is 107 Å². The number of allylic oxidation sites excluding steroid dienone is 18. The number of carbonyl (C=O) groups excluding carboxylic acids is 4. The Bertz CT molecular complexity index is 1660. The van der Waals surface area contributed by atoms with Gasteiger partial charge in [0, 0.05) is 23.0 Å². The van der Waals surface area contributed by atoms with Crippen LogP contribution in [0.15, 0.2) is 107 Å². The summed E-state index contributed by atoms with van der Waals surface area (Å²) in [5.74, 6) is 1.48. The van der Waals surface area contributed by atoms with E-state index in [0.717, 1.165) is 55.2 Å². The quantitative estimate of drug-likeness (QED) is 0.182. The van der Waals surface area contributed by atoms with E-state index in [0.29, 0.717) is 5.92 Å². The Morgan fingerprint density at radius 3 is 1.66 bits per heavy atom. The zero-order valence-electron chi connectivity index (χ0n) is 38.3. The lowest BCUT2D eigenvalue weighted by Crippen LogP contribution is -2.36. The maximum absolute atomic E-state index is 11.9. The molecule has 0 radical (unpaired) electrons. The first kappa shape index (κ1) is 50.4. The van der Waals surface area contributed by atoms with E-state index in [1.165, 1.54) is 17.6 Å². The van der Waals surface area contributed by atoms with Crippen LogP contribution in [0.4, 0.5) is 0 Å². The molecule has 4 aliphatic rings. The van der Waals surface area contributed by atoms with E-state index in [-0.39, 0.29) is 56.6 Å². The normalized spacial score (nSPS) is 24.9. The third-order valence-electron chi connectivity index (χ3n) is 11.8. The predicted molar refractivity (Wildman–Crippen MR) is 240 cm³/mol. The summed E-state index contributed by atoms with van der Waals surface area (Å²) in [5, 5.41) is 0. The smallest absolute Gasteiger partial charge is 0.182 e. The monoisotopic (exact) mass is 767 g/mol. The topological polar surface area (TPSA) is 68.3 Å². The lowest BCUT2D eigenvalue weighted by atomic mass is 9.65. The summed E-state index contributed by atoms with van der Waals surface area (Å²) in [4.78, 5) is 47.5. The minimum atomic E-state index is -0.0184. The van der Waals surface area contributed by atoms with Crippen LogP contribution in [-0.2, 0) is 19.2 Å². The Balaban J connectivity index is 0.000000373. The fraction of sp³-hybridized carbons (Fsp3) is 0.577. The van der Waals surface area contributed by atoms with Crippen LogP contribution < -0.4 is 0 Å². The Labute approximate surface area is 343 Å². The van der Waals surface area contributed by atoms with E-state index >= 15 is 0 Å². The second kappa shape index (κ2) is 22.3. The van der Waals surface area contributed by atoms with Gasteiger partial charge >= 0.3 is 0 Å². The molecule has 0 aromatic heterocycles. The average Bonchev–Trinajstić information content (AvgIpc) is 3.04. The van der Waals surface area contributed by atoms with Crippen LogP contribution in [0.1, 0.15) is 156 Å². The van der Waals surface area contributed by atoms with Gasteiger partial charge in [0.25, 0.3) is 0 Å². The van der Waals surface area contributed by atoms with Gasteiger partial charge in [0.15, 0.2) is 23.1 Å². The van der Waals surface area contributed by atoms with Crippen molar-refractivity contribution in [2.75, 3.05) is 0 Å². The molecule has 0 N–H and O–H groups in total. The van der Waals surface area contributed by atoms with E-state index in [1.54, 1.807) is 30.4 Å². The van der Waals surface area contributed by atoms with Crippen molar-refractivity contribution in [3.63, 3.8) is 0 Å². The fourth-order valence-corrected chi connectivity index (χ4v) is 9.28. The number of hydrogen-bond acceptors (Lipinski definition) is 4. The maximum atomic E-state index is 11.9. The van der Waals surface area contributed by atoms with E-state index in [1.807, 2.05) is 58.9 Å². The number of ketones is 4. The molecule has 0 spiro atoms. The van der Waals surface area contributed by atoms with Crippen LogP contribution in [0, 0.1) is 39.4 Å².